The van der Waals surface area contributed by atoms with Gasteiger partial charge in [-0.25, -0.2) is 0 Å². The van der Waals surface area contributed by atoms with E-state index in [1.807, 2.05) is 41.9 Å². The Hall–Kier alpha value is -2.87. The Morgan fingerprint density at radius 3 is 2.74 bits per heavy atom. The van der Waals surface area contributed by atoms with Crippen LogP contribution in [0.3, 0.4) is 0 Å². The summed E-state index contributed by atoms with van der Waals surface area (Å²) in [5.41, 5.74) is 7.09. The van der Waals surface area contributed by atoms with Crippen LogP contribution in [0, 0.1) is 5.92 Å². The van der Waals surface area contributed by atoms with Crippen molar-refractivity contribution in [3.8, 4) is 0 Å². The zero-order valence-corrected chi connectivity index (χ0v) is 18.2. The van der Waals surface area contributed by atoms with Crippen LogP contribution >= 0.6 is 0 Å². The minimum Gasteiger partial charge on any atom is -0.469 e. The van der Waals surface area contributed by atoms with Crippen LogP contribution in [0.25, 0.3) is 10.9 Å². The Kier molecular flexibility index (Phi) is 7.68. The predicted octanol–water partition coefficient (Wildman–Crippen LogP) is 1.86. The molecule has 3 rings (SSSR count). The Morgan fingerprint density at radius 2 is 2.03 bits per heavy atom. The number of methoxy groups -OCH3 is 1. The number of aromatic nitrogens is 1. The quantitative estimate of drug-likeness (QED) is 0.555. The summed E-state index contributed by atoms with van der Waals surface area (Å²) in [7, 11) is 3.22. The second kappa shape index (κ2) is 10.4. The number of nitrogens with two attached hydrogens (primary N) is 1. The van der Waals surface area contributed by atoms with Gasteiger partial charge in [0.15, 0.2) is 0 Å². The minimum atomic E-state index is -0.687. The molecule has 3 atom stereocenters. The van der Waals surface area contributed by atoms with Crippen molar-refractivity contribution in [1.82, 2.24) is 15.2 Å². The van der Waals surface area contributed by atoms with Crippen molar-refractivity contribution < 1.29 is 19.1 Å². The van der Waals surface area contributed by atoms with Gasteiger partial charge in [0.05, 0.1) is 13.0 Å². The molecule has 0 spiro atoms. The van der Waals surface area contributed by atoms with Crippen molar-refractivity contribution in [2.24, 2.45) is 18.7 Å². The van der Waals surface area contributed by atoms with Crippen LogP contribution in [0.4, 0.5) is 0 Å². The number of amides is 2. The van der Waals surface area contributed by atoms with Gasteiger partial charge in [0.25, 0.3) is 5.91 Å². The zero-order chi connectivity index (χ0) is 22.4. The predicted molar refractivity (Wildman–Crippen MR) is 118 cm³/mol. The van der Waals surface area contributed by atoms with E-state index in [0.717, 1.165) is 30.2 Å². The molecule has 31 heavy (non-hydrogen) atoms. The molecule has 2 aromatic rings. The molecule has 1 fully saturated rings. The molecule has 2 amide bonds. The molecule has 0 saturated heterocycles. The second-order valence-corrected chi connectivity index (χ2v) is 8.20. The summed E-state index contributed by atoms with van der Waals surface area (Å²) in [6, 6.07) is 8.77. The number of hydrogen-bond donors (Lipinski definition) is 3. The normalized spacial score (nSPS) is 19.6. The Bertz CT molecular complexity index is 939. The summed E-state index contributed by atoms with van der Waals surface area (Å²) in [4.78, 5) is 37.9. The van der Waals surface area contributed by atoms with Crippen LogP contribution in [-0.2, 0) is 21.4 Å². The van der Waals surface area contributed by atoms with E-state index in [1.165, 1.54) is 7.11 Å². The number of para-hydroxylation sites is 1. The molecule has 0 radical (unpaired) electrons. The summed E-state index contributed by atoms with van der Waals surface area (Å²) in [5.74, 6) is -0.970. The first-order chi connectivity index (χ1) is 14.9. The Morgan fingerprint density at radius 1 is 1.26 bits per heavy atom. The van der Waals surface area contributed by atoms with Crippen molar-refractivity contribution in [1.29, 1.82) is 0 Å². The fraction of sp³-hybridized carbons (Fsp3) is 0.522. The lowest BCUT2D eigenvalue weighted by atomic mass is 9.85. The highest BCUT2D eigenvalue weighted by atomic mass is 16.5. The number of aryl methyl sites for hydroxylation is 1. The number of carbonyl (C=O) groups excluding carboxylic acids is 3. The number of benzene rings is 1. The third kappa shape index (κ3) is 5.44. The summed E-state index contributed by atoms with van der Waals surface area (Å²) in [6.07, 6.45) is 4.04. The molecule has 1 heterocycles. The molecular formula is C23H32N4O4. The topological polar surface area (TPSA) is 115 Å². The number of nitrogens with zero attached hydrogens (tertiary/aromatic N) is 1. The molecule has 3 unspecified atom stereocenters. The number of ether oxygens (including phenoxy) is 1. The van der Waals surface area contributed by atoms with E-state index < -0.39 is 6.04 Å². The smallest absolute Gasteiger partial charge is 0.308 e. The zero-order valence-electron chi connectivity index (χ0n) is 18.2. The van der Waals surface area contributed by atoms with Gasteiger partial charge in [0.2, 0.25) is 5.91 Å². The van der Waals surface area contributed by atoms with Crippen molar-refractivity contribution in [2.45, 2.75) is 50.6 Å². The molecule has 8 heteroatoms. The maximum Gasteiger partial charge on any atom is 0.308 e. The number of hydrogen-bond acceptors (Lipinski definition) is 5. The third-order valence-electron chi connectivity index (χ3n) is 6.06. The molecule has 8 nitrogen and oxygen atoms in total. The van der Waals surface area contributed by atoms with Crippen LogP contribution in [0.2, 0.25) is 0 Å². The highest BCUT2D eigenvalue weighted by Crippen LogP contribution is 2.25. The van der Waals surface area contributed by atoms with Gasteiger partial charge >= 0.3 is 5.97 Å². The minimum absolute atomic E-state index is 0.111. The number of carbonyl (C=O) groups is 3. The number of esters is 1. The Balaban J connectivity index is 1.68. The number of rotatable bonds is 8. The molecule has 0 aliphatic heterocycles. The van der Waals surface area contributed by atoms with E-state index in [2.05, 4.69) is 10.6 Å². The molecule has 1 aromatic carbocycles. The van der Waals surface area contributed by atoms with E-state index in [9.17, 15) is 14.4 Å². The van der Waals surface area contributed by atoms with E-state index in [-0.39, 0.29) is 29.7 Å². The van der Waals surface area contributed by atoms with Crippen LogP contribution in [0.5, 0.6) is 0 Å². The maximum atomic E-state index is 13.0. The van der Waals surface area contributed by atoms with Crippen LogP contribution in [0.1, 0.15) is 49.0 Å². The van der Waals surface area contributed by atoms with E-state index in [0.29, 0.717) is 31.5 Å². The lowest BCUT2D eigenvalue weighted by Gasteiger charge is -2.29. The van der Waals surface area contributed by atoms with Gasteiger partial charge in [0.1, 0.15) is 11.7 Å². The SMILES string of the molecule is COC(=O)C1CCCC(NC(=O)C(CCCN)NC(=O)c2cc3ccccc3n2C)C1. The van der Waals surface area contributed by atoms with Gasteiger partial charge in [-0.05, 0) is 50.8 Å². The molecule has 1 aliphatic rings. The van der Waals surface area contributed by atoms with Crippen molar-refractivity contribution in [3.63, 3.8) is 0 Å². The molecular weight excluding hydrogens is 396 g/mol. The molecule has 1 aliphatic carbocycles. The highest BCUT2D eigenvalue weighted by molar-refractivity contribution is 6.00. The first-order valence-corrected chi connectivity index (χ1v) is 10.9. The van der Waals surface area contributed by atoms with Gasteiger partial charge in [0, 0.05) is 24.0 Å². The van der Waals surface area contributed by atoms with Gasteiger partial charge in [-0.3, -0.25) is 14.4 Å². The van der Waals surface area contributed by atoms with Crippen LogP contribution in [-0.4, -0.2) is 48.1 Å². The monoisotopic (exact) mass is 428 g/mol. The standard InChI is InChI=1S/C23H32N4O4/c1-27-19-11-4-3-7-15(19)14-20(27)22(29)26-18(10-6-12-24)21(28)25-17-9-5-8-16(13-17)23(30)31-2/h3-4,7,11,14,16-18H,5-6,8-10,12-13,24H2,1-2H3,(H,25,28)(H,26,29). The van der Waals surface area contributed by atoms with Crippen LogP contribution in [0.15, 0.2) is 30.3 Å². The molecule has 1 aromatic heterocycles. The molecule has 168 valence electrons. The third-order valence-corrected chi connectivity index (χ3v) is 6.06. The van der Waals surface area contributed by atoms with Crippen molar-refractivity contribution in [2.75, 3.05) is 13.7 Å². The van der Waals surface area contributed by atoms with Gasteiger partial charge < -0.3 is 25.7 Å². The van der Waals surface area contributed by atoms with Gasteiger partial charge in [-0.1, -0.05) is 24.6 Å². The van der Waals surface area contributed by atoms with Crippen molar-refractivity contribution >= 4 is 28.7 Å². The van der Waals surface area contributed by atoms with Crippen LogP contribution < -0.4 is 16.4 Å². The lowest BCUT2D eigenvalue weighted by Crippen LogP contribution is -2.51. The second-order valence-electron chi connectivity index (χ2n) is 8.20. The molecule has 0 bridgehead atoms. The summed E-state index contributed by atoms with van der Waals surface area (Å²) < 4.78 is 6.68. The van der Waals surface area contributed by atoms with Crippen molar-refractivity contribution in [3.05, 3.63) is 36.0 Å². The average molecular weight is 429 g/mol. The molecule has 4 N–H and O–H groups in total. The summed E-state index contributed by atoms with van der Waals surface area (Å²) in [6.45, 7) is 0.432. The lowest BCUT2D eigenvalue weighted by molar-refractivity contribution is -0.147. The van der Waals surface area contributed by atoms with E-state index >= 15 is 0 Å². The van der Waals surface area contributed by atoms with E-state index in [4.69, 9.17) is 10.5 Å². The first kappa shape index (κ1) is 22.8. The fourth-order valence-electron chi connectivity index (χ4n) is 4.33. The maximum absolute atomic E-state index is 13.0. The number of fused-ring (bicyclic) bond motifs is 1. The summed E-state index contributed by atoms with van der Waals surface area (Å²) in [5, 5.41) is 6.88. The highest BCUT2D eigenvalue weighted by Gasteiger charge is 2.31. The largest absolute Gasteiger partial charge is 0.469 e. The first-order valence-electron chi connectivity index (χ1n) is 10.9. The van der Waals surface area contributed by atoms with E-state index in [1.54, 1.807) is 0 Å². The fourth-order valence-corrected chi connectivity index (χ4v) is 4.33. The van der Waals surface area contributed by atoms with Gasteiger partial charge in [-0.2, -0.15) is 0 Å². The Labute approximate surface area is 182 Å². The average Bonchev–Trinajstić information content (AvgIpc) is 3.12. The summed E-state index contributed by atoms with van der Waals surface area (Å²) >= 11 is 0. The molecule has 1 saturated carbocycles. The number of nitrogens with one attached hydrogen (secondary N) is 2. The van der Waals surface area contributed by atoms with Gasteiger partial charge in [-0.15, -0.1) is 0 Å².